The van der Waals surface area contributed by atoms with Crippen LogP contribution in [0, 0.1) is 5.82 Å². The van der Waals surface area contributed by atoms with E-state index in [0.717, 1.165) is 9.13 Å². The molecule has 0 atom stereocenters. The fourth-order valence-corrected chi connectivity index (χ4v) is 4.68. The maximum Gasteiger partial charge on any atom is 0.336 e. The minimum Gasteiger partial charge on any atom is -0.338 e. The quantitative estimate of drug-likeness (QED) is 0.391. The van der Waals surface area contributed by atoms with Crippen LogP contribution >= 0.6 is 11.6 Å². The van der Waals surface area contributed by atoms with Gasteiger partial charge in [0.15, 0.2) is 0 Å². The van der Waals surface area contributed by atoms with E-state index in [-0.39, 0.29) is 39.4 Å². The molecule has 37 heavy (non-hydrogen) atoms. The fraction of sp³-hybridized carbons (Fsp3) is 0.200. The lowest BCUT2D eigenvalue weighted by molar-refractivity contribution is -0.114. The molecule has 1 aliphatic carbocycles. The third-order valence-corrected chi connectivity index (χ3v) is 6.62. The lowest BCUT2D eigenvalue weighted by Gasteiger charge is -2.20. The smallest absolute Gasteiger partial charge is 0.336 e. The number of hydrogen-bond acceptors (Lipinski definition) is 5. The van der Waals surface area contributed by atoms with E-state index < -0.39 is 22.6 Å². The van der Waals surface area contributed by atoms with Gasteiger partial charge in [0.05, 0.1) is 16.9 Å². The predicted octanol–water partition coefficient (Wildman–Crippen LogP) is 1.94. The molecule has 4 aromatic rings. The third-order valence-electron chi connectivity index (χ3n) is 6.28. The van der Waals surface area contributed by atoms with Crippen molar-refractivity contribution in [1.82, 2.24) is 13.7 Å². The summed E-state index contributed by atoms with van der Waals surface area (Å²) in [6.07, 6.45) is 1.28. The van der Waals surface area contributed by atoms with Crippen molar-refractivity contribution >= 4 is 58.9 Å². The van der Waals surface area contributed by atoms with Crippen molar-refractivity contribution in [1.29, 1.82) is 0 Å². The molecule has 0 bridgehead atoms. The average molecular weight is 522 g/mol. The Hall–Kier alpha value is -4.12. The molecule has 2 aromatic heterocycles. The van der Waals surface area contributed by atoms with Gasteiger partial charge in [-0.3, -0.25) is 28.1 Å². The number of halogens is 2. The standard InChI is InChI=1S/C25H22BClFN5O4/c1-12(34)29-14-4-3-5-16(11-14)32-21-19(23(35)33(25(32)37)15-7-8-15)22(31(2)24(36)20(21)27)30-18-9-6-13(26)10-17(18)28/h3-6,9-11,15,30H,7-8,26H2,1-2H3,(H,29,34). The number of nitrogens with one attached hydrogen (secondary N) is 2. The summed E-state index contributed by atoms with van der Waals surface area (Å²) in [5.74, 6) is -0.886. The molecule has 0 spiro atoms. The minimum atomic E-state index is -0.682. The second kappa shape index (κ2) is 9.08. The summed E-state index contributed by atoms with van der Waals surface area (Å²) < 4.78 is 18.2. The zero-order chi connectivity index (χ0) is 26.6. The maximum absolute atomic E-state index is 14.8. The van der Waals surface area contributed by atoms with Gasteiger partial charge >= 0.3 is 5.69 Å². The van der Waals surface area contributed by atoms with Crippen molar-refractivity contribution in [2.24, 2.45) is 7.05 Å². The third kappa shape index (κ3) is 4.25. The lowest BCUT2D eigenvalue weighted by Crippen LogP contribution is -2.40. The molecule has 1 amide bonds. The fourth-order valence-electron chi connectivity index (χ4n) is 4.38. The SMILES string of the molecule is Bc1ccc(Nc2c3c(=O)n(C4CC4)c(=O)n(-c4cccc(NC(C)=O)c4)c3c(Cl)c(=O)n2C)c(F)c1. The van der Waals surface area contributed by atoms with Crippen molar-refractivity contribution in [2.45, 2.75) is 25.8 Å². The van der Waals surface area contributed by atoms with E-state index in [2.05, 4.69) is 10.6 Å². The molecule has 2 heterocycles. The largest absolute Gasteiger partial charge is 0.338 e. The number of benzene rings is 2. The van der Waals surface area contributed by atoms with Gasteiger partial charge in [-0.1, -0.05) is 29.2 Å². The van der Waals surface area contributed by atoms with Crippen LogP contribution in [-0.2, 0) is 11.8 Å². The van der Waals surface area contributed by atoms with E-state index in [1.807, 2.05) is 0 Å². The Morgan fingerprint density at radius 2 is 1.84 bits per heavy atom. The topological polar surface area (TPSA) is 107 Å². The Balaban J connectivity index is 1.90. The van der Waals surface area contributed by atoms with E-state index in [1.54, 1.807) is 38.2 Å². The van der Waals surface area contributed by atoms with E-state index >= 15 is 0 Å². The van der Waals surface area contributed by atoms with Gasteiger partial charge in [-0.2, -0.15) is 0 Å². The molecular formula is C25H22BClFN5O4. The van der Waals surface area contributed by atoms with Crippen LogP contribution in [0.2, 0.25) is 5.02 Å². The van der Waals surface area contributed by atoms with E-state index in [9.17, 15) is 23.6 Å². The van der Waals surface area contributed by atoms with Crippen LogP contribution in [0.15, 0.2) is 56.8 Å². The number of aromatic nitrogens is 3. The summed E-state index contributed by atoms with van der Waals surface area (Å²) in [6, 6.07) is 10.6. The summed E-state index contributed by atoms with van der Waals surface area (Å²) in [5, 5.41) is 5.17. The van der Waals surface area contributed by atoms with E-state index in [1.165, 1.54) is 30.7 Å². The number of rotatable bonds is 5. The number of carbonyl (C=O) groups is 1. The van der Waals surface area contributed by atoms with Crippen molar-refractivity contribution < 1.29 is 9.18 Å². The van der Waals surface area contributed by atoms with Crippen LogP contribution in [0.1, 0.15) is 25.8 Å². The van der Waals surface area contributed by atoms with Crippen LogP contribution < -0.4 is 32.9 Å². The number of anilines is 3. The molecule has 0 unspecified atom stereocenters. The molecule has 188 valence electrons. The Bertz CT molecular complexity index is 1790. The van der Waals surface area contributed by atoms with Gasteiger partial charge < -0.3 is 10.6 Å². The zero-order valence-electron chi connectivity index (χ0n) is 20.3. The van der Waals surface area contributed by atoms with Gasteiger partial charge in [0, 0.05) is 25.7 Å². The first-order valence-electron chi connectivity index (χ1n) is 11.6. The second-order valence-corrected chi connectivity index (χ2v) is 9.49. The molecule has 1 aliphatic rings. The normalized spacial score (nSPS) is 13.1. The summed E-state index contributed by atoms with van der Waals surface area (Å²) in [4.78, 5) is 52.3. The Morgan fingerprint density at radius 3 is 2.49 bits per heavy atom. The molecule has 2 aromatic carbocycles. The highest BCUT2D eigenvalue weighted by Crippen LogP contribution is 2.34. The summed E-state index contributed by atoms with van der Waals surface area (Å²) in [5.41, 5.74) is -0.640. The van der Waals surface area contributed by atoms with Gasteiger partial charge in [-0.25, -0.2) is 9.18 Å². The van der Waals surface area contributed by atoms with E-state index in [4.69, 9.17) is 11.6 Å². The van der Waals surface area contributed by atoms with Crippen molar-refractivity contribution in [3.8, 4) is 5.69 Å². The predicted molar refractivity (Wildman–Crippen MR) is 144 cm³/mol. The van der Waals surface area contributed by atoms with Crippen LogP contribution in [0.3, 0.4) is 0 Å². The molecular weight excluding hydrogens is 500 g/mol. The summed E-state index contributed by atoms with van der Waals surface area (Å²) >= 11 is 6.52. The molecule has 0 radical (unpaired) electrons. The van der Waals surface area contributed by atoms with Crippen molar-refractivity contribution in [3.63, 3.8) is 0 Å². The van der Waals surface area contributed by atoms with Crippen LogP contribution in [0.25, 0.3) is 16.6 Å². The molecule has 1 fully saturated rings. The number of hydrogen-bond donors (Lipinski definition) is 2. The molecule has 0 aliphatic heterocycles. The molecule has 12 heteroatoms. The molecule has 5 rings (SSSR count). The van der Waals surface area contributed by atoms with Gasteiger partial charge in [0.25, 0.3) is 11.1 Å². The van der Waals surface area contributed by atoms with Crippen LogP contribution in [0.5, 0.6) is 0 Å². The number of amides is 1. The van der Waals surface area contributed by atoms with Crippen molar-refractivity contribution in [2.75, 3.05) is 10.6 Å². The number of fused-ring (bicyclic) bond motifs is 1. The number of nitrogens with zero attached hydrogens (tertiary/aromatic N) is 3. The minimum absolute atomic E-state index is 0.00156. The summed E-state index contributed by atoms with van der Waals surface area (Å²) in [7, 11) is 3.15. The number of carbonyl (C=O) groups excluding carboxylic acids is 1. The molecule has 0 saturated heterocycles. The van der Waals surface area contributed by atoms with E-state index in [0.29, 0.717) is 29.7 Å². The Labute approximate surface area is 215 Å². The van der Waals surface area contributed by atoms with Gasteiger partial charge in [0.2, 0.25) is 5.91 Å². The molecule has 2 N–H and O–H groups in total. The van der Waals surface area contributed by atoms with Gasteiger partial charge in [-0.15, -0.1) is 0 Å². The Kier molecular flexibility index (Phi) is 6.03. The van der Waals surface area contributed by atoms with Crippen LogP contribution in [0.4, 0.5) is 21.6 Å². The van der Waals surface area contributed by atoms with Gasteiger partial charge in [-0.05, 0) is 43.2 Å². The summed E-state index contributed by atoms with van der Waals surface area (Å²) in [6.45, 7) is 1.35. The maximum atomic E-state index is 14.8. The lowest BCUT2D eigenvalue weighted by atomic mass is 9.96. The van der Waals surface area contributed by atoms with Gasteiger partial charge in [0.1, 0.15) is 29.9 Å². The highest BCUT2D eigenvalue weighted by molar-refractivity contribution is 6.35. The van der Waals surface area contributed by atoms with Crippen molar-refractivity contribution in [3.05, 3.63) is 84.5 Å². The molecule has 1 saturated carbocycles. The first-order chi connectivity index (χ1) is 17.6. The Morgan fingerprint density at radius 1 is 1.11 bits per heavy atom. The highest BCUT2D eigenvalue weighted by Gasteiger charge is 2.32. The monoisotopic (exact) mass is 521 g/mol. The highest BCUT2D eigenvalue weighted by atomic mass is 35.5. The first kappa shape index (κ1) is 24.6. The number of pyridine rings is 1. The zero-order valence-corrected chi connectivity index (χ0v) is 21.0. The second-order valence-electron chi connectivity index (χ2n) is 9.11. The first-order valence-corrected chi connectivity index (χ1v) is 12.0. The average Bonchev–Trinajstić information content (AvgIpc) is 3.67. The van der Waals surface area contributed by atoms with Crippen LogP contribution in [-0.4, -0.2) is 27.5 Å². The molecule has 9 nitrogen and oxygen atoms in total.